The number of sulfonamides is 1. The van der Waals surface area contributed by atoms with Crippen LogP contribution < -0.4 is 0 Å². The highest BCUT2D eigenvalue weighted by molar-refractivity contribution is 7.92. The maximum absolute atomic E-state index is 13.9. The standard InChI is InChI=1S/C18H17ClFNO2S/c19-16-7-5-14(6-8-16)11-12-24(22,23)21(17-9-10-17)13-15-3-1-2-4-18(15)20/h1-8,11-12,17H,9-10,13H2/b12-11+. The van der Waals surface area contributed by atoms with E-state index in [1.807, 2.05) is 0 Å². The van der Waals surface area contributed by atoms with Gasteiger partial charge in [0.1, 0.15) is 5.82 Å². The van der Waals surface area contributed by atoms with E-state index in [-0.39, 0.29) is 18.4 Å². The van der Waals surface area contributed by atoms with Crippen LogP contribution in [0.4, 0.5) is 4.39 Å². The van der Waals surface area contributed by atoms with Crippen molar-refractivity contribution >= 4 is 27.7 Å². The first-order valence-corrected chi connectivity index (χ1v) is 9.53. The summed E-state index contributed by atoms with van der Waals surface area (Å²) in [5.41, 5.74) is 1.12. The number of nitrogens with zero attached hydrogens (tertiary/aromatic N) is 1. The molecule has 24 heavy (non-hydrogen) atoms. The second-order valence-corrected chi connectivity index (χ2v) is 7.97. The van der Waals surface area contributed by atoms with E-state index >= 15 is 0 Å². The monoisotopic (exact) mass is 365 g/mol. The molecule has 2 aromatic rings. The molecule has 2 aromatic carbocycles. The number of hydrogen-bond donors (Lipinski definition) is 0. The van der Waals surface area contributed by atoms with Crippen LogP contribution in [0.25, 0.3) is 6.08 Å². The van der Waals surface area contributed by atoms with Crippen LogP contribution in [0.2, 0.25) is 5.02 Å². The lowest BCUT2D eigenvalue weighted by Crippen LogP contribution is -2.31. The summed E-state index contributed by atoms with van der Waals surface area (Å²) in [5, 5.41) is 1.77. The zero-order valence-corrected chi connectivity index (χ0v) is 14.5. The van der Waals surface area contributed by atoms with Crippen molar-refractivity contribution < 1.29 is 12.8 Å². The van der Waals surface area contributed by atoms with E-state index in [0.717, 1.165) is 18.4 Å². The van der Waals surface area contributed by atoms with Crippen molar-refractivity contribution in [1.82, 2.24) is 4.31 Å². The van der Waals surface area contributed by atoms with Gasteiger partial charge in [-0.3, -0.25) is 0 Å². The highest BCUT2D eigenvalue weighted by atomic mass is 35.5. The van der Waals surface area contributed by atoms with Crippen LogP contribution in [0, 0.1) is 5.82 Å². The minimum atomic E-state index is -3.63. The van der Waals surface area contributed by atoms with Crippen molar-refractivity contribution in [3.8, 4) is 0 Å². The van der Waals surface area contributed by atoms with Gasteiger partial charge in [-0.15, -0.1) is 0 Å². The molecule has 3 nitrogen and oxygen atoms in total. The summed E-state index contributed by atoms with van der Waals surface area (Å²) in [6, 6.07) is 13.1. The molecule has 126 valence electrons. The Kier molecular flexibility index (Phi) is 5.04. The van der Waals surface area contributed by atoms with Crippen LogP contribution in [0.5, 0.6) is 0 Å². The van der Waals surface area contributed by atoms with Gasteiger partial charge < -0.3 is 0 Å². The Morgan fingerprint density at radius 3 is 2.42 bits per heavy atom. The summed E-state index contributed by atoms with van der Waals surface area (Å²) < 4.78 is 40.5. The van der Waals surface area contributed by atoms with Gasteiger partial charge in [-0.2, -0.15) is 4.31 Å². The molecule has 1 aliphatic rings. The molecule has 0 radical (unpaired) electrons. The maximum Gasteiger partial charge on any atom is 0.236 e. The van der Waals surface area contributed by atoms with E-state index in [0.29, 0.717) is 10.6 Å². The number of hydrogen-bond acceptors (Lipinski definition) is 2. The molecule has 0 bridgehead atoms. The predicted octanol–water partition coefficient (Wildman–Crippen LogP) is 4.44. The first-order chi connectivity index (χ1) is 11.5. The normalized spacial score (nSPS) is 15.3. The number of rotatable bonds is 6. The average molecular weight is 366 g/mol. The van der Waals surface area contributed by atoms with E-state index in [9.17, 15) is 12.8 Å². The van der Waals surface area contributed by atoms with E-state index < -0.39 is 10.0 Å². The summed E-state index contributed by atoms with van der Waals surface area (Å²) in [5.74, 6) is -0.389. The molecular weight excluding hydrogens is 349 g/mol. The molecular formula is C18H17ClFNO2S. The van der Waals surface area contributed by atoms with Crippen molar-refractivity contribution in [2.24, 2.45) is 0 Å². The molecule has 3 rings (SSSR count). The van der Waals surface area contributed by atoms with Gasteiger partial charge in [-0.05, 0) is 42.7 Å². The average Bonchev–Trinajstić information content (AvgIpc) is 3.38. The van der Waals surface area contributed by atoms with Gasteiger partial charge >= 0.3 is 0 Å². The van der Waals surface area contributed by atoms with Crippen LogP contribution >= 0.6 is 11.6 Å². The molecule has 1 fully saturated rings. The van der Waals surface area contributed by atoms with Crippen molar-refractivity contribution in [1.29, 1.82) is 0 Å². The Hall–Kier alpha value is -1.69. The molecule has 0 aliphatic heterocycles. The first-order valence-electron chi connectivity index (χ1n) is 7.64. The van der Waals surface area contributed by atoms with Gasteiger partial charge in [0.2, 0.25) is 10.0 Å². The summed E-state index contributed by atoms with van der Waals surface area (Å²) in [6.07, 6.45) is 3.15. The van der Waals surface area contributed by atoms with Gasteiger partial charge in [0.15, 0.2) is 0 Å². The summed E-state index contributed by atoms with van der Waals surface area (Å²) in [6.45, 7) is 0.0463. The predicted molar refractivity (Wildman–Crippen MR) is 94.4 cm³/mol. The second kappa shape index (κ2) is 7.05. The number of benzene rings is 2. The quantitative estimate of drug-likeness (QED) is 0.758. The van der Waals surface area contributed by atoms with Crippen molar-refractivity contribution in [3.05, 3.63) is 75.9 Å². The van der Waals surface area contributed by atoms with E-state index in [1.165, 1.54) is 21.9 Å². The Labute approximate surface area is 146 Å². The Morgan fingerprint density at radius 2 is 1.79 bits per heavy atom. The Morgan fingerprint density at radius 1 is 1.12 bits per heavy atom. The van der Waals surface area contributed by atoms with Gasteiger partial charge in [-0.1, -0.05) is 41.9 Å². The highest BCUT2D eigenvalue weighted by Crippen LogP contribution is 2.32. The zero-order valence-electron chi connectivity index (χ0n) is 12.9. The second-order valence-electron chi connectivity index (χ2n) is 5.77. The molecule has 0 N–H and O–H groups in total. The van der Waals surface area contributed by atoms with E-state index in [4.69, 9.17) is 11.6 Å². The fourth-order valence-corrected chi connectivity index (χ4v) is 3.96. The topological polar surface area (TPSA) is 37.4 Å². The fourth-order valence-electron chi connectivity index (χ4n) is 2.40. The van der Waals surface area contributed by atoms with Crippen LogP contribution in [-0.4, -0.2) is 18.8 Å². The third-order valence-corrected chi connectivity index (χ3v) is 5.68. The molecule has 0 saturated heterocycles. The van der Waals surface area contributed by atoms with Crippen LogP contribution in [0.1, 0.15) is 24.0 Å². The minimum absolute atomic E-state index is 0.0463. The molecule has 1 aliphatic carbocycles. The van der Waals surface area contributed by atoms with Gasteiger partial charge in [-0.25, -0.2) is 12.8 Å². The molecule has 0 unspecified atom stereocenters. The third kappa shape index (κ3) is 4.23. The van der Waals surface area contributed by atoms with Crippen LogP contribution in [0.3, 0.4) is 0 Å². The lowest BCUT2D eigenvalue weighted by Gasteiger charge is -2.20. The zero-order chi connectivity index (χ0) is 17.2. The summed E-state index contributed by atoms with van der Waals surface area (Å²) >= 11 is 5.82. The smallest absolute Gasteiger partial charge is 0.207 e. The Balaban J connectivity index is 1.82. The lowest BCUT2D eigenvalue weighted by molar-refractivity contribution is 0.397. The molecule has 1 saturated carbocycles. The van der Waals surface area contributed by atoms with Crippen molar-refractivity contribution in [2.45, 2.75) is 25.4 Å². The van der Waals surface area contributed by atoms with Crippen LogP contribution in [-0.2, 0) is 16.6 Å². The highest BCUT2D eigenvalue weighted by Gasteiger charge is 2.36. The molecule has 0 aromatic heterocycles. The van der Waals surface area contributed by atoms with E-state index in [1.54, 1.807) is 42.5 Å². The Bertz CT molecular complexity index is 846. The molecule has 0 atom stereocenters. The van der Waals surface area contributed by atoms with E-state index in [2.05, 4.69) is 0 Å². The third-order valence-electron chi connectivity index (χ3n) is 3.87. The summed E-state index contributed by atoms with van der Waals surface area (Å²) in [4.78, 5) is 0. The number of halogens is 2. The molecule has 6 heteroatoms. The van der Waals surface area contributed by atoms with Gasteiger partial charge in [0, 0.05) is 28.6 Å². The molecule has 0 amide bonds. The van der Waals surface area contributed by atoms with Gasteiger partial charge in [0.25, 0.3) is 0 Å². The SMILES string of the molecule is O=S(=O)(/C=C/c1ccc(Cl)cc1)N(Cc1ccccc1F)C1CC1. The lowest BCUT2D eigenvalue weighted by atomic mass is 10.2. The summed E-state index contributed by atoms with van der Waals surface area (Å²) in [7, 11) is -3.63. The largest absolute Gasteiger partial charge is 0.236 e. The fraction of sp³-hybridized carbons (Fsp3) is 0.222. The first kappa shape index (κ1) is 17.1. The van der Waals surface area contributed by atoms with Gasteiger partial charge in [0.05, 0.1) is 0 Å². The minimum Gasteiger partial charge on any atom is -0.207 e. The molecule has 0 spiro atoms. The van der Waals surface area contributed by atoms with Crippen molar-refractivity contribution in [3.63, 3.8) is 0 Å². The van der Waals surface area contributed by atoms with Crippen molar-refractivity contribution in [2.75, 3.05) is 0 Å². The maximum atomic E-state index is 13.9. The van der Waals surface area contributed by atoms with Crippen LogP contribution in [0.15, 0.2) is 53.9 Å². The molecule has 0 heterocycles.